The SMILES string of the molecule is O=C(N[C@H](CCN1CCCCC1)c1ccccc1)c1cccn2nnnc12. The van der Waals surface area contributed by atoms with Crippen LogP contribution in [0.4, 0.5) is 0 Å². The van der Waals surface area contributed by atoms with E-state index in [1.165, 1.54) is 23.8 Å². The molecule has 0 saturated carbocycles. The smallest absolute Gasteiger partial charge is 0.255 e. The number of benzene rings is 1. The van der Waals surface area contributed by atoms with E-state index in [1.807, 2.05) is 18.2 Å². The summed E-state index contributed by atoms with van der Waals surface area (Å²) in [7, 11) is 0. The monoisotopic (exact) mass is 364 g/mol. The van der Waals surface area contributed by atoms with E-state index >= 15 is 0 Å². The second kappa shape index (κ2) is 8.26. The summed E-state index contributed by atoms with van der Waals surface area (Å²) >= 11 is 0. The lowest BCUT2D eigenvalue weighted by molar-refractivity contribution is 0.0931. The number of carbonyl (C=O) groups excluding carboxylic acids is 1. The van der Waals surface area contributed by atoms with E-state index in [0.29, 0.717) is 11.2 Å². The van der Waals surface area contributed by atoms with Crippen LogP contribution in [0.2, 0.25) is 0 Å². The van der Waals surface area contributed by atoms with Gasteiger partial charge in [-0.25, -0.2) is 0 Å². The fourth-order valence-electron chi connectivity index (χ4n) is 3.68. The Labute approximate surface area is 158 Å². The van der Waals surface area contributed by atoms with Gasteiger partial charge in [-0.2, -0.15) is 4.52 Å². The number of rotatable bonds is 6. The highest BCUT2D eigenvalue weighted by Gasteiger charge is 2.20. The van der Waals surface area contributed by atoms with E-state index in [4.69, 9.17) is 0 Å². The van der Waals surface area contributed by atoms with Crippen LogP contribution < -0.4 is 5.32 Å². The second-order valence-corrected chi connectivity index (χ2v) is 7.00. The normalized spacial score (nSPS) is 16.3. The highest BCUT2D eigenvalue weighted by molar-refractivity contribution is 5.99. The van der Waals surface area contributed by atoms with Gasteiger partial charge in [-0.15, -0.1) is 5.10 Å². The van der Waals surface area contributed by atoms with Gasteiger partial charge in [0.15, 0.2) is 5.65 Å². The summed E-state index contributed by atoms with van der Waals surface area (Å²) in [5.41, 5.74) is 2.08. The molecule has 0 unspecified atom stereocenters. The zero-order chi connectivity index (χ0) is 18.5. The third-order valence-electron chi connectivity index (χ3n) is 5.16. The molecule has 1 fully saturated rings. The summed E-state index contributed by atoms with van der Waals surface area (Å²) in [5, 5.41) is 14.7. The van der Waals surface area contributed by atoms with E-state index in [0.717, 1.165) is 31.6 Å². The molecule has 1 amide bonds. The van der Waals surface area contributed by atoms with Crippen molar-refractivity contribution in [3.05, 3.63) is 59.8 Å². The maximum Gasteiger partial charge on any atom is 0.255 e. The Balaban J connectivity index is 1.51. The number of carbonyl (C=O) groups is 1. The number of nitrogens with zero attached hydrogens (tertiary/aromatic N) is 5. The van der Waals surface area contributed by atoms with Crippen molar-refractivity contribution in [3.8, 4) is 0 Å². The second-order valence-electron chi connectivity index (χ2n) is 7.00. The average Bonchev–Trinajstić information content (AvgIpc) is 3.21. The van der Waals surface area contributed by atoms with Crippen LogP contribution >= 0.6 is 0 Å². The highest BCUT2D eigenvalue weighted by atomic mass is 16.1. The van der Waals surface area contributed by atoms with Gasteiger partial charge < -0.3 is 10.2 Å². The number of likely N-dealkylation sites (tertiary alicyclic amines) is 1. The zero-order valence-electron chi connectivity index (χ0n) is 15.3. The number of pyridine rings is 1. The third-order valence-corrected chi connectivity index (χ3v) is 5.16. The predicted molar refractivity (Wildman–Crippen MR) is 102 cm³/mol. The average molecular weight is 364 g/mol. The molecule has 2 aromatic heterocycles. The lowest BCUT2D eigenvalue weighted by Gasteiger charge is -2.28. The highest BCUT2D eigenvalue weighted by Crippen LogP contribution is 2.20. The Kier molecular flexibility index (Phi) is 5.39. The molecular formula is C20H24N6O. The molecular weight excluding hydrogens is 340 g/mol. The van der Waals surface area contributed by atoms with Gasteiger partial charge in [0.2, 0.25) is 0 Å². The summed E-state index contributed by atoms with van der Waals surface area (Å²) in [4.78, 5) is 15.5. The van der Waals surface area contributed by atoms with E-state index in [9.17, 15) is 4.79 Å². The molecule has 3 heterocycles. The number of piperidine rings is 1. The van der Waals surface area contributed by atoms with Crippen molar-refractivity contribution < 1.29 is 4.79 Å². The van der Waals surface area contributed by atoms with Gasteiger partial charge in [-0.3, -0.25) is 4.79 Å². The van der Waals surface area contributed by atoms with Crippen molar-refractivity contribution in [1.82, 2.24) is 30.3 Å². The molecule has 1 saturated heterocycles. The van der Waals surface area contributed by atoms with Crippen molar-refractivity contribution in [2.45, 2.75) is 31.7 Å². The fourth-order valence-corrected chi connectivity index (χ4v) is 3.68. The first-order valence-corrected chi connectivity index (χ1v) is 9.56. The molecule has 7 nitrogen and oxygen atoms in total. The number of amides is 1. The lowest BCUT2D eigenvalue weighted by atomic mass is 10.0. The largest absolute Gasteiger partial charge is 0.345 e. The van der Waals surface area contributed by atoms with Gasteiger partial charge >= 0.3 is 0 Å². The molecule has 0 bridgehead atoms. The van der Waals surface area contributed by atoms with Gasteiger partial charge in [0, 0.05) is 12.7 Å². The summed E-state index contributed by atoms with van der Waals surface area (Å²) in [5.74, 6) is -0.150. The summed E-state index contributed by atoms with van der Waals surface area (Å²) in [6, 6.07) is 13.7. The Morgan fingerprint density at radius 1 is 1.07 bits per heavy atom. The third kappa shape index (κ3) is 4.14. The van der Waals surface area contributed by atoms with Crippen LogP contribution in [0.25, 0.3) is 5.65 Å². The van der Waals surface area contributed by atoms with Gasteiger partial charge in [0.05, 0.1) is 11.6 Å². The fraction of sp³-hybridized carbons (Fsp3) is 0.400. The Hall–Kier alpha value is -2.80. The van der Waals surface area contributed by atoms with Crippen molar-refractivity contribution in [2.24, 2.45) is 0 Å². The number of tetrazole rings is 1. The van der Waals surface area contributed by atoms with Crippen LogP contribution in [0, 0.1) is 0 Å². The molecule has 0 aliphatic carbocycles. The number of aromatic nitrogens is 4. The van der Waals surface area contributed by atoms with Gasteiger partial charge in [-0.05, 0) is 60.5 Å². The molecule has 0 radical (unpaired) electrons. The maximum absolute atomic E-state index is 13.0. The molecule has 0 spiro atoms. The minimum absolute atomic E-state index is 0.0447. The summed E-state index contributed by atoms with van der Waals surface area (Å²) in [6.07, 6.45) is 6.47. The van der Waals surface area contributed by atoms with Crippen molar-refractivity contribution in [1.29, 1.82) is 0 Å². The number of nitrogens with one attached hydrogen (secondary N) is 1. The van der Waals surface area contributed by atoms with Crippen molar-refractivity contribution in [2.75, 3.05) is 19.6 Å². The summed E-state index contributed by atoms with van der Waals surface area (Å²) in [6.45, 7) is 3.29. The first-order valence-electron chi connectivity index (χ1n) is 9.56. The van der Waals surface area contributed by atoms with Crippen LogP contribution in [-0.4, -0.2) is 50.5 Å². The van der Waals surface area contributed by atoms with Crippen molar-refractivity contribution >= 4 is 11.6 Å². The van der Waals surface area contributed by atoms with Crippen LogP contribution in [-0.2, 0) is 0 Å². The molecule has 27 heavy (non-hydrogen) atoms. The first-order chi connectivity index (χ1) is 13.3. The van der Waals surface area contributed by atoms with Crippen LogP contribution in [0.1, 0.15) is 47.6 Å². The first kappa shape index (κ1) is 17.6. The molecule has 7 heteroatoms. The van der Waals surface area contributed by atoms with Crippen LogP contribution in [0.3, 0.4) is 0 Å². The Morgan fingerprint density at radius 3 is 2.70 bits per heavy atom. The number of hydrogen-bond acceptors (Lipinski definition) is 5. The molecule has 3 aromatic rings. The van der Waals surface area contributed by atoms with E-state index < -0.39 is 0 Å². The van der Waals surface area contributed by atoms with E-state index in [1.54, 1.807) is 18.3 Å². The quantitative estimate of drug-likeness (QED) is 0.727. The molecule has 1 aliphatic heterocycles. The maximum atomic E-state index is 13.0. The summed E-state index contributed by atoms with van der Waals surface area (Å²) < 4.78 is 1.51. The minimum atomic E-state index is -0.150. The van der Waals surface area contributed by atoms with E-state index in [-0.39, 0.29) is 11.9 Å². The minimum Gasteiger partial charge on any atom is -0.345 e. The van der Waals surface area contributed by atoms with Gasteiger partial charge in [0.1, 0.15) is 0 Å². The molecule has 1 atom stereocenters. The van der Waals surface area contributed by atoms with Crippen LogP contribution in [0.5, 0.6) is 0 Å². The zero-order valence-corrected chi connectivity index (χ0v) is 15.3. The molecule has 1 aliphatic rings. The Morgan fingerprint density at radius 2 is 1.89 bits per heavy atom. The van der Waals surface area contributed by atoms with Crippen molar-refractivity contribution in [3.63, 3.8) is 0 Å². The number of hydrogen-bond donors (Lipinski definition) is 1. The number of fused-ring (bicyclic) bond motifs is 1. The molecule has 4 rings (SSSR count). The lowest BCUT2D eigenvalue weighted by Crippen LogP contribution is -2.35. The van der Waals surface area contributed by atoms with Gasteiger partial charge in [-0.1, -0.05) is 36.8 Å². The standard InChI is InChI=1S/C20H24N6O/c27-20(17-10-7-14-26-19(17)22-23-24-26)21-18(16-8-3-1-4-9-16)11-15-25-12-5-2-6-13-25/h1,3-4,7-10,14,18H,2,5-6,11-13,15H2,(H,21,27)/t18-/m1/s1. The van der Waals surface area contributed by atoms with E-state index in [2.05, 4.69) is 37.9 Å². The molecule has 1 N–H and O–H groups in total. The van der Waals surface area contributed by atoms with Gasteiger partial charge in [0.25, 0.3) is 5.91 Å². The predicted octanol–water partition coefficient (Wildman–Crippen LogP) is 2.47. The topological polar surface area (TPSA) is 75.4 Å². The Bertz CT molecular complexity index is 888. The molecule has 140 valence electrons. The molecule has 1 aromatic carbocycles. The van der Waals surface area contributed by atoms with Crippen LogP contribution in [0.15, 0.2) is 48.7 Å².